The molecule has 0 aromatic rings. The lowest BCUT2D eigenvalue weighted by Gasteiger charge is -2.30. The third-order valence-electron chi connectivity index (χ3n) is 2.66. The smallest absolute Gasteiger partial charge is 0.208 e. The fourth-order valence-corrected chi connectivity index (χ4v) is 3.37. The molecule has 68 valence electrons. The van der Waals surface area contributed by atoms with Crippen molar-refractivity contribution < 1.29 is 8.42 Å². The van der Waals surface area contributed by atoms with Crippen LogP contribution in [0.4, 0.5) is 0 Å². The first-order valence-electron chi connectivity index (χ1n) is 4.35. The van der Waals surface area contributed by atoms with Gasteiger partial charge >= 0.3 is 0 Å². The van der Waals surface area contributed by atoms with Gasteiger partial charge in [0.25, 0.3) is 0 Å². The normalized spacial score (nSPS) is 31.0. The molecule has 1 aliphatic carbocycles. The van der Waals surface area contributed by atoms with E-state index in [1.54, 1.807) is 0 Å². The van der Waals surface area contributed by atoms with Crippen LogP contribution in [0.5, 0.6) is 0 Å². The number of rotatable bonds is 0. The summed E-state index contributed by atoms with van der Waals surface area (Å²) in [4.78, 5) is 0. The molecule has 0 atom stereocenters. The van der Waals surface area contributed by atoms with Crippen LogP contribution in [0.1, 0.15) is 32.1 Å². The molecule has 0 amide bonds. The van der Waals surface area contributed by atoms with E-state index in [4.69, 9.17) is 0 Å². The lowest BCUT2D eigenvalue weighted by atomic mass is 9.83. The predicted octanol–water partition coefficient (Wildman–Crippen LogP) is 1.14. The van der Waals surface area contributed by atoms with Crippen LogP contribution < -0.4 is 4.72 Å². The van der Waals surface area contributed by atoms with Gasteiger partial charge in [0, 0.05) is 5.41 Å². The monoisotopic (exact) mass is 187 g/mol. The second-order valence-corrected chi connectivity index (χ2v) is 5.23. The molecule has 0 aromatic heterocycles. The van der Waals surface area contributed by atoms with Gasteiger partial charge in [-0.3, -0.25) is 0 Å². The zero-order valence-electron chi connectivity index (χ0n) is 6.91. The second-order valence-electron chi connectivity index (χ2n) is 3.67. The summed E-state index contributed by atoms with van der Waals surface area (Å²) in [5.41, 5.74) is -0.211. The van der Waals surface area contributed by atoms with Crippen molar-refractivity contribution in [1.29, 1.82) is 0 Å². The Balaban J connectivity index is 2.20. The van der Waals surface area contributed by atoms with Crippen molar-refractivity contribution in [2.45, 2.75) is 37.6 Å². The Bertz CT molecular complexity index is 299. The highest BCUT2D eigenvalue weighted by molar-refractivity contribution is 7.92. The van der Waals surface area contributed by atoms with Crippen LogP contribution in [-0.2, 0) is 10.0 Å². The van der Waals surface area contributed by atoms with Crippen molar-refractivity contribution in [1.82, 2.24) is 4.72 Å². The lowest BCUT2D eigenvalue weighted by Crippen LogP contribution is -2.43. The first-order chi connectivity index (χ1) is 5.62. The van der Waals surface area contributed by atoms with E-state index in [1.807, 2.05) is 6.08 Å². The Labute approximate surface area is 72.9 Å². The third kappa shape index (κ3) is 1.41. The first-order valence-corrected chi connectivity index (χ1v) is 5.90. The van der Waals surface area contributed by atoms with Crippen LogP contribution in [0, 0.1) is 0 Å². The molecule has 0 radical (unpaired) electrons. The number of hydrogen-bond acceptors (Lipinski definition) is 2. The molecule has 2 aliphatic rings. The Hall–Kier alpha value is -0.350. The summed E-state index contributed by atoms with van der Waals surface area (Å²) in [6.45, 7) is 0. The summed E-state index contributed by atoms with van der Waals surface area (Å²) >= 11 is 0. The Morgan fingerprint density at radius 1 is 1.17 bits per heavy atom. The van der Waals surface area contributed by atoms with E-state index in [0.29, 0.717) is 0 Å². The number of nitrogens with one attached hydrogen (secondary N) is 1. The largest absolute Gasteiger partial charge is 0.234 e. The zero-order chi connectivity index (χ0) is 8.66. The minimum atomic E-state index is -3.08. The molecule has 3 nitrogen and oxygen atoms in total. The molecule has 0 bridgehead atoms. The first kappa shape index (κ1) is 8.26. The van der Waals surface area contributed by atoms with Crippen molar-refractivity contribution in [3.8, 4) is 0 Å². The van der Waals surface area contributed by atoms with Crippen LogP contribution in [-0.4, -0.2) is 14.0 Å². The number of sulfonamides is 1. The average molecular weight is 187 g/mol. The summed E-state index contributed by atoms with van der Waals surface area (Å²) in [5.74, 6) is 0. The van der Waals surface area contributed by atoms with Crippen molar-refractivity contribution >= 4 is 10.0 Å². The van der Waals surface area contributed by atoms with Crippen LogP contribution >= 0.6 is 0 Å². The van der Waals surface area contributed by atoms with Crippen molar-refractivity contribution in [3.63, 3.8) is 0 Å². The van der Waals surface area contributed by atoms with Crippen molar-refractivity contribution in [2.24, 2.45) is 0 Å². The molecule has 1 aliphatic heterocycles. The van der Waals surface area contributed by atoms with Crippen LogP contribution in [0.15, 0.2) is 11.5 Å². The molecular weight excluding hydrogens is 174 g/mol. The maximum atomic E-state index is 11.1. The van der Waals surface area contributed by atoms with E-state index in [1.165, 1.54) is 11.8 Å². The number of hydrogen-bond donors (Lipinski definition) is 1. The molecule has 1 saturated carbocycles. The highest BCUT2D eigenvalue weighted by Gasteiger charge is 2.37. The summed E-state index contributed by atoms with van der Waals surface area (Å²) in [6.07, 6.45) is 7.24. The van der Waals surface area contributed by atoms with Crippen LogP contribution in [0.3, 0.4) is 0 Å². The van der Waals surface area contributed by atoms with Crippen molar-refractivity contribution in [3.05, 3.63) is 11.5 Å². The predicted molar refractivity (Wildman–Crippen MR) is 47.0 cm³/mol. The van der Waals surface area contributed by atoms with E-state index in [0.717, 1.165) is 25.7 Å². The molecule has 0 saturated heterocycles. The van der Waals surface area contributed by atoms with E-state index in [9.17, 15) is 8.42 Å². The minimum Gasteiger partial charge on any atom is -0.208 e. The molecule has 12 heavy (non-hydrogen) atoms. The van der Waals surface area contributed by atoms with Crippen LogP contribution in [0.25, 0.3) is 0 Å². The molecular formula is C8H13NO2S. The fraction of sp³-hybridized carbons (Fsp3) is 0.750. The highest BCUT2D eigenvalue weighted by Crippen LogP contribution is 2.33. The van der Waals surface area contributed by atoms with Gasteiger partial charge in [0.1, 0.15) is 0 Å². The van der Waals surface area contributed by atoms with E-state index in [-0.39, 0.29) is 5.54 Å². The molecule has 1 heterocycles. The van der Waals surface area contributed by atoms with Gasteiger partial charge in [-0.25, -0.2) is 13.1 Å². The molecule has 2 rings (SSSR count). The minimum absolute atomic E-state index is 0.211. The van der Waals surface area contributed by atoms with Gasteiger partial charge < -0.3 is 0 Å². The molecule has 1 fully saturated rings. The molecule has 1 spiro atoms. The Kier molecular flexibility index (Phi) is 1.77. The molecule has 0 unspecified atom stereocenters. The van der Waals surface area contributed by atoms with Gasteiger partial charge in [-0.2, -0.15) is 0 Å². The van der Waals surface area contributed by atoms with Gasteiger partial charge in [0.2, 0.25) is 10.0 Å². The van der Waals surface area contributed by atoms with Gasteiger partial charge in [-0.15, -0.1) is 0 Å². The van der Waals surface area contributed by atoms with E-state index in [2.05, 4.69) is 4.72 Å². The lowest BCUT2D eigenvalue weighted by molar-refractivity contribution is 0.336. The van der Waals surface area contributed by atoms with Gasteiger partial charge in [-0.05, 0) is 12.8 Å². The van der Waals surface area contributed by atoms with E-state index >= 15 is 0 Å². The quantitative estimate of drug-likeness (QED) is 0.618. The molecule has 4 heteroatoms. The van der Waals surface area contributed by atoms with Gasteiger partial charge in [0.15, 0.2) is 0 Å². The van der Waals surface area contributed by atoms with Gasteiger partial charge in [-0.1, -0.05) is 25.3 Å². The van der Waals surface area contributed by atoms with Crippen LogP contribution in [0.2, 0.25) is 0 Å². The maximum absolute atomic E-state index is 11.1. The topological polar surface area (TPSA) is 46.2 Å². The molecule has 1 N–H and O–H groups in total. The summed E-state index contributed by atoms with van der Waals surface area (Å²) < 4.78 is 24.9. The SMILES string of the molecule is O=S1(=O)C=CC2(CCCCC2)N1. The Morgan fingerprint density at radius 2 is 1.83 bits per heavy atom. The maximum Gasteiger partial charge on any atom is 0.234 e. The third-order valence-corrected chi connectivity index (χ3v) is 3.84. The van der Waals surface area contributed by atoms with Gasteiger partial charge in [0.05, 0.1) is 5.54 Å². The fourth-order valence-electron chi connectivity index (χ4n) is 2.02. The summed E-state index contributed by atoms with van der Waals surface area (Å²) in [5, 5.41) is 1.30. The average Bonchev–Trinajstić information content (AvgIpc) is 2.29. The summed E-state index contributed by atoms with van der Waals surface area (Å²) in [6, 6.07) is 0. The standard InChI is InChI=1S/C8H13NO2S/c10-12(11)7-6-8(9-12)4-2-1-3-5-8/h6-7,9H,1-5H2. The van der Waals surface area contributed by atoms with Crippen molar-refractivity contribution in [2.75, 3.05) is 0 Å². The zero-order valence-corrected chi connectivity index (χ0v) is 7.73. The summed E-state index contributed by atoms with van der Waals surface area (Å²) in [7, 11) is -3.08. The molecule has 0 aromatic carbocycles. The Morgan fingerprint density at radius 3 is 2.33 bits per heavy atom. The second kappa shape index (κ2) is 2.57. The van der Waals surface area contributed by atoms with E-state index < -0.39 is 10.0 Å². The highest BCUT2D eigenvalue weighted by atomic mass is 32.2.